The van der Waals surface area contributed by atoms with Crippen molar-refractivity contribution in [2.24, 2.45) is 17.8 Å². The molecule has 5 rings (SSSR count). The fourth-order valence-corrected chi connectivity index (χ4v) is 6.12. The van der Waals surface area contributed by atoms with Crippen LogP contribution in [0.15, 0.2) is 12.3 Å². The highest BCUT2D eigenvalue weighted by Gasteiger charge is 2.55. The van der Waals surface area contributed by atoms with Crippen molar-refractivity contribution in [3.63, 3.8) is 0 Å². The van der Waals surface area contributed by atoms with Gasteiger partial charge >= 0.3 is 6.18 Å². The molecule has 0 spiro atoms. The number of rotatable bonds is 6. The van der Waals surface area contributed by atoms with Crippen molar-refractivity contribution >= 4 is 18.0 Å². The number of aromatic nitrogens is 2. The Bertz CT molecular complexity index is 953. The summed E-state index contributed by atoms with van der Waals surface area (Å²) in [6, 6.07) is -0.238. The average molecular weight is 469 g/mol. The molecule has 10 heteroatoms. The Morgan fingerprint density at radius 1 is 1.24 bits per heavy atom. The number of halogens is 3. The molecule has 2 amide bonds. The van der Waals surface area contributed by atoms with E-state index in [1.165, 1.54) is 6.08 Å². The van der Waals surface area contributed by atoms with Crippen LogP contribution in [0.2, 0.25) is 0 Å². The second-order valence-electron chi connectivity index (χ2n) is 10.5. The monoisotopic (exact) mass is 468 g/mol. The van der Waals surface area contributed by atoms with E-state index in [1.807, 2.05) is 0 Å². The second kappa shape index (κ2) is 8.14. The van der Waals surface area contributed by atoms with Crippen LogP contribution in [-0.2, 0) is 11.0 Å². The predicted molar refractivity (Wildman–Crippen MR) is 115 cm³/mol. The molecule has 7 nitrogen and oxygen atoms in total. The Kier molecular flexibility index (Phi) is 5.87. The van der Waals surface area contributed by atoms with Gasteiger partial charge in [0.05, 0.1) is 22.9 Å². The summed E-state index contributed by atoms with van der Waals surface area (Å²) >= 11 is 0. The third-order valence-corrected chi connectivity index (χ3v) is 7.26. The van der Waals surface area contributed by atoms with Gasteiger partial charge in [0.1, 0.15) is 0 Å². The lowest BCUT2D eigenvalue weighted by Crippen LogP contribution is -2.61. The zero-order chi connectivity index (χ0) is 24.2. The Labute approximate surface area is 190 Å². The van der Waals surface area contributed by atoms with Crippen molar-refractivity contribution in [1.29, 1.82) is 0 Å². The van der Waals surface area contributed by atoms with E-state index in [9.17, 15) is 27.9 Å². The maximum absolute atomic E-state index is 13.9. The average Bonchev–Trinajstić information content (AvgIpc) is 3.12. The molecule has 0 radical (unpaired) electrons. The fraction of sp³-hybridized carbons (Fsp3) is 0.696. The minimum atomic E-state index is -4.80. The van der Waals surface area contributed by atoms with Crippen LogP contribution >= 0.6 is 0 Å². The lowest BCUT2D eigenvalue weighted by atomic mass is 9.52. The van der Waals surface area contributed by atoms with Gasteiger partial charge in [-0.3, -0.25) is 9.59 Å². The summed E-state index contributed by atoms with van der Waals surface area (Å²) in [7, 11) is 0. The molecule has 4 bridgehead atoms. The molecule has 1 heterocycles. The molecular weight excluding hydrogens is 437 g/mol. The summed E-state index contributed by atoms with van der Waals surface area (Å²) in [5.74, 6) is -0.447. The standard InChI is InChI=1S/C23H31F3N4O3/c1-4-17(31)29-21(2,3)5-6-30-19(23(24,25)26)16(12-27-30)20(32)28-18-14-7-13-8-15(18)11-22(33,9-13)10-14/h5-6,12-15,18,33H,4,7-11H2,1-3H3,(H,28,32)(H,29,31)/b6-5+. The molecule has 3 N–H and O–H groups in total. The third kappa shape index (κ3) is 4.81. The lowest BCUT2D eigenvalue weighted by Gasteiger charge is -2.58. The van der Waals surface area contributed by atoms with Crippen LogP contribution in [-0.4, -0.2) is 43.9 Å². The predicted octanol–water partition coefficient (Wildman–Crippen LogP) is 3.35. The summed E-state index contributed by atoms with van der Waals surface area (Å²) in [4.78, 5) is 24.6. The molecule has 2 unspecified atom stereocenters. The SMILES string of the molecule is CCC(=O)NC(C)(C)/C=C/n1ncc(C(=O)NC2C3CC4CC2CC(O)(C4)C3)c1C(F)(F)F. The zero-order valence-corrected chi connectivity index (χ0v) is 19.1. The van der Waals surface area contributed by atoms with Crippen LogP contribution in [0.5, 0.6) is 0 Å². The normalized spacial score (nSPS) is 31.2. The number of carbonyl (C=O) groups is 2. The van der Waals surface area contributed by atoms with Gasteiger partial charge in [-0.1, -0.05) is 6.92 Å². The van der Waals surface area contributed by atoms with Crippen LogP contribution in [0, 0.1) is 17.8 Å². The lowest BCUT2D eigenvalue weighted by molar-refractivity contribution is -0.143. The smallest absolute Gasteiger partial charge is 0.390 e. The first-order chi connectivity index (χ1) is 15.3. The molecule has 4 saturated carbocycles. The first-order valence-electron chi connectivity index (χ1n) is 11.5. The van der Waals surface area contributed by atoms with Crippen molar-refractivity contribution in [2.45, 2.75) is 82.7 Å². The number of alkyl halides is 3. The molecular formula is C23H31F3N4O3. The quantitative estimate of drug-likeness (QED) is 0.597. The third-order valence-electron chi connectivity index (χ3n) is 7.26. The molecule has 0 aromatic carbocycles. The maximum Gasteiger partial charge on any atom is 0.434 e. The highest BCUT2D eigenvalue weighted by Crippen LogP contribution is 2.55. The molecule has 0 saturated heterocycles. The zero-order valence-electron chi connectivity index (χ0n) is 19.1. The molecule has 2 atom stereocenters. The van der Waals surface area contributed by atoms with Crippen LogP contribution in [0.3, 0.4) is 0 Å². The Morgan fingerprint density at radius 3 is 2.42 bits per heavy atom. The van der Waals surface area contributed by atoms with Gasteiger partial charge in [0.2, 0.25) is 5.91 Å². The topological polar surface area (TPSA) is 96.2 Å². The van der Waals surface area contributed by atoms with E-state index in [1.54, 1.807) is 20.8 Å². The fourth-order valence-electron chi connectivity index (χ4n) is 6.12. The van der Waals surface area contributed by atoms with Crippen LogP contribution in [0.1, 0.15) is 75.3 Å². The van der Waals surface area contributed by atoms with Gasteiger partial charge in [-0.2, -0.15) is 18.3 Å². The highest BCUT2D eigenvalue weighted by molar-refractivity contribution is 5.95. The maximum atomic E-state index is 13.9. The largest absolute Gasteiger partial charge is 0.434 e. The molecule has 4 aliphatic carbocycles. The molecule has 4 aliphatic rings. The molecule has 33 heavy (non-hydrogen) atoms. The summed E-state index contributed by atoms with van der Waals surface area (Å²) < 4.78 is 42.4. The number of hydrogen-bond acceptors (Lipinski definition) is 4. The van der Waals surface area contributed by atoms with E-state index in [0.29, 0.717) is 23.4 Å². The molecule has 4 fully saturated rings. The van der Waals surface area contributed by atoms with Crippen molar-refractivity contribution in [3.8, 4) is 0 Å². The van der Waals surface area contributed by atoms with Gasteiger partial charge in [-0.25, -0.2) is 4.68 Å². The number of nitrogens with zero attached hydrogens (tertiary/aromatic N) is 2. The second-order valence-corrected chi connectivity index (χ2v) is 10.5. The van der Waals surface area contributed by atoms with Gasteiger partial charge < -0.3 is 15.7 Å². The van der Waals surface area contributed by atoms with Gasteiger partial charge in [0.15, 0.2) is 5.69 Å². The number of nitrogens with one attached hydrogen (secondary N) is 2. The number of amides is 2. The van der Waals surface area contributed by atoms with Crippen molar-refractivity contribution in [2.75, 3.05) is 0 Å². The minimum Gasteiger partial charge on any atom is -0.390 e. The van der Waals surface area contributed by atoms with Crippen LogP contribution in [0.25, 0.3) is 6.20 Å². The summed E-state index contributed by atoms with van der Waals surface area (Å²) in [6.45, 7) is 4.99. The summed E-state index contributed by atoms with van der Waals surface area (Å²) in [6.07, 6.45) is 2.62. The van der Waals surface area contributed by atoms with Crippen LogP contribution in [0.4, 0.5) is 13.2 Å². The molecule has 1 aromatic heterocycles. The van der Waals surface area contributed by atoms with E-state index in [4.69, 9.17) is 0 Å². The van der Waals surface area contributed by atoms with Crippen molar-refractivity contribution in [3.05, 3.63) is 23.5 Å². The number of carbonyl (C=O) groups excluding carboxylic acids is 2. The summed E-state index contributed by atoms with van der Waals surface area (Å²) in [5.41, 5.74) is -3.28. The van der Waals surface area contributed by atoms with E-state index in [-0.39, 0.29) is 30.2 Å². The Hall–Kier alpha value is -2.36. The number of hydrogen-bond donors (Lipinski definition) is 3. The minimum absolute atomic E-state index is 0.0810. The van der Waals surface area contributed by atoms with E-state index in [2.05, 4.69) is 15.7 Å². The first-order valence-corrected chi connectivity index (χ1v) is 11.5. The van der Waals surface area contributed by atoms with Gasteiger partial charge in [-0.05, 0) is 69.8 Å². The Balaban J connectivity index is 1.55. The van der Waals surface area contributed by atoms with E-state index in [0.717, 1.165) is 31.7 Å². The summed E-state index contributed by atoms with van der Waals surface area (Å²) in [5, 5.41) is 20.1. The van der Waals surface area contributed by atoms with E-state index < -0.39 is 34.5 Å². The number of aliphatic hydroxyl groups is 1. The Morgan fingerprint density at radius 2 is 1.88 bits per heavy atom. The van der Waals surface area contributed by atoms with Gasteiger partial charge in [-0.15, -0.1) is 0 Å². The van der Waals surface area contributed by atoms with Crippen molar-refractivity contribution in [1.82, 2.24) is 20.4 Å². The molecule has 1 aromatic rings. The van der Waals surface area contributed by atoms with Crippen LogP contribution < -0.4 is 10.6 Å². The molecule has 0 aliphatic heterocycles. The van der Waals surface area contributed by atoms with Gasteiger partial charge in [0.25, 0.3) is 5.91 Å². The van der Waals surface area contributed by atoms with E-state index >= 15 is 0 Å². The van der Waals surface area contributed by atoms with Crippen molar-refractivity contribution < 1.29 is 27.9 Å². The molecule has 182 valence electrons. The van der Waals surface area contributed by atoms with Gasteiger partial charge in [0, 0.05) is 18.7 Å². The first kappa shape index (κ1) is 23.8. The highest BCUT2D eigenvalue weighted by atomic mass is 19.4.